The molecule has 3 aromatic carbocycles. The van der Waals surface area contributed by atoms with Gasteiger partial charge in [-0.25, -0.2) is 10.4 Å². The van der Waals surface area contributed by atoms with Crippen LogP contribution in [0.1, 0.15) is 15.9 Å². The Labute approximate surface area is 197 Å². The van der Waals surface area contributed by atoms with Crippen LogP contribution in [0.3, 0.4) is 0 Å². The van der Waals surface area contributed by atoms with Crippen LogP contribution in [-0.2, 0) is 0 Å². The van der Waals surface area contributed by atoms with Gasteiger partial charge >= 0.3 is 0 Å². The third-order valence-electron chi connectivity index (χ3n) is 5.19. The number of benzene rings is 3. The van der Waals surface area contributed by atoms with E-state index in [1.54, 1.807) is 24.3 Å². The van der Waals surface area contributed by atoms with E-state index in [-0.39, 0.29) is 23.8 Å². The Morgan fingerprint density at radius 3 is 2.59 bits per heavy atom. The van der Waals surface area contributed by atoms with Gasteiger partial charge in [-0.3, -0.25) is 14.9 Å². The average molecular weight is 475 g/mol. The topological polar surface area (TPSA) is 116 Å². The lowest BCUT2D eigenvalue weighted by Gasteiger charge is -2.09. The lowest BCUT2D eigenvalue weighted by Crippen LogP contribution is -2.18. The number of rotatable bonds is 5. The molecular formula is C24H15ClN4O5. The Balaban J connectivity index is 1.47. The van der Waals surface area contributed by atoms with Gasteiger partial charge in [-0.05, 0) is 30.3 Å². The number of amides is 1. The van der Waals surface area contributed by atoms with Crippen molar-refractivity contribution in [1.82, 2.24) is 10.4 Å². The normalized spacial score (nSPS) is 12.3. The molecule has 34 heavy (non-hydrogen) atoms. The van der Waals surface area contributed by atoms with Crippen LogP contribution in [-0.4, -0.2) is 28.8 Å². The largest absolute Gasteiger partial charge is 0.454 e. The highest BCUT2D eigenvalue weighted by molar-refractivity contribution is 6.30. The summed E-state index contributed by atoms with van der Waals surface area (Å²) in [5.74, 6) is 0.158. The number of carbonyl (C=O) groups is 1. The predicted octanol–water partition coefficient (Wildman–Crippen LogP) is 4.96. The highest BCUT2D eigenvalue weighted by Crippen LogP contribution is 2.37. The number of ether oxygens (including phenoxy) is 2. The predicted molar refractivity (Wildman–Crippen MR) is 126 cm³/mol. The van der Waals surface area contributed by atoms with Crippen LogP contribution in [0.2, 0.25) is 5.02 Å². The number of nitrogens with zero attached hydrogens (tertiary/aromatic N) is 3. The highest BCUT2D eigenvalue weighted by atomic mass is 35.5. The third-order valence-corrected chi connectivity index (χ3v) is 5.44. The van der Waals surface area contributed by atoms with Gasteiger partial charge in [-0.15, -0.1) is 0 Å². The maximum atomic E-state index is 13.0. The van der Waals surface area contributed by atoms with Gasteiger partial charge in [0.15, 0.2) is 11.5 Å². The van der Waals surface area contributed by atoms with Gasteiger partial charge in [0, 0.05) is 16.0 Å². The standard InChI is InChI=1S/C24H15ClN4O5/c25-16-7-5-14(6-8-16)20-10-18(17-3-1-2-4-19(17)27-20)24(30)28-26-12-15-9-22-23(34-13-33-22)11-21(15)29(31)32/h1-12H,13H2,(H,28,30)/b26-12+. The summed E-state index contributed by atoms with van der Waals surface area (Å²) in [4.78, 5) is 28.6. The van der Waals surface area contributed by atoms with Crippen molar-refractivity contribution in [3.63, 3.8) is 0 Å². The number of hydrazone groups is 1. The van der Waals surface area contributed by atoms with Gasteiger partial charge in [0.05, 0.1) is 39.5 Å². The van der Waals surface area contributed by atoms with Crippen molar-refractivity contribution in [1.29, 1.82) is 0 Å². The SMILES string of the molecule is O=C(N/N=C/c1cc2c(cc1[N+](=O)[O-])OCO2)c1cc(-c2ccc(Cl)cc2)nc2ccccc12. The first kappa shape index (κ1) is 21.4. The molecule has 0 aliphatic carbocycles. The monoisotopic (exact) mass is 474 g/mol. The summed E-state index contributed by atoms with van der Waals surface area (Å²) in [5.41, 5.74) is 4.77. The molecule has 1 amide bonds. The average Bonchev–Trinajstić information content (AvgIpc) is 3.30. The fraction of sp³-hybridized carbons (Fsp3) is 0.0417. The molecule has 0 radical (unpaired) electrons. The van der Waals surface area contributed by atoms with Gasteiger partial charge < -0.3 is 9.47 Å². The van der Waals surface area contributed by atoms with E-state index < -0.39 is 10.8 Å². The molecule has 0 bridgehead atoms. The van der Waals surface area contributed by atoms with E-state index in [0.717, 1.165) is 5.56 Å². The Kier molecular flexibility index (Phi) is 5.52. The van der Waals surface area contributed by atoms with E-state index in [2.05, 4.69) is 15.5 Å². The van der Waals surface area contributed by atoms with Crippen molar-refractivity contribution in [2.24, 2.45) is 5.10 Å². The number of pyridine rings is 1. The van der Waals surface area contributed by atoms with E-state index >= 15 is 0 Å². The molecule has 0 atom stereocenters. The molecule has 0 spiro atoms. The van der Waals surface area contributed by atoms with E-state index in [4.69, 9.17) is 21.1 Å². The molecule has 168 valence electrons. The smallest absolute Gasteiger partial charge is 0.282 e. The minimum absolute atomic E-state index is 0.0190. The fourth-order valence-corrected chi connectivity index (χ4v) is 3.69. The number of halogens is 1. The summed E-state index contributed by atoms with van der Waals surface area (Å²) in [6, 6.07) is 18.7. The maximum absolute atomic E-state index is 13.0. The van der Waals surface area contributed by atoms with Crippen LogP contribution in [0.4, 0.5) is 5.69 Å². The van der Waals surface area contributed by atoms with Crippen molar-refractivity contribution in [2.75, 3.05) is 6.79 Å². The first-order valence-corrected chi connectivity index (χ1v) is 10.4. The summed E-state index contributed by atoms with van der Waals surface area (Å²) in [6.07, 6.45) is 1.20. The minimum Gasteiger partial charge on any atom is -0.454 e. The van der Waals surface area contributed by atoms with E-state index in [9.17, 15) is 14.9 Å². The summed E-state index contributed by atoms with van der Waals surface area (Å²) in [6.45, 7) is -0.0190. The molecule has 5 rings (SSSR count). The second-order valence-corrected chi connectivity index (χ2v) is 7.74. The summed E-state index contributed by atoms with van der Waals surface area (Å²) >= 11 is 5.99. The third kappa shape index (κ3) is 4.12. The fourth-order valence-electron chi connectivity index (χ4n) is 3.56. The molecular weight excluding hydrogens is 460 g/mol. The Morgan fingerprint density at radius 1 is 1.09 bits per heavy atom. The van der Waals surface area contributed by atoms with Gasteiger partial charge in [0.25, 0.3) is 11.6 Å². The molecule has 0 saturated heterocycles. The Bertz CT molecular complexity index is 1470. The molecule has 1 N–H and O–H groups in total. The Morgan fingerprint density at radius 2 is 1.82 bits per heavy atom. The maximum Gasteiger partial charge on any atom is 0.282 e. The summed E-state index contributed by atoms with van der Waals surface area (Å²) in [5, 5.41) is 16.6. The molecule has 4 aromatic rings. The van der Waals surface area contributed by atoms with Gasteiger partial charge in [-0.1, -0.05) is 41.9 Å². The Hall–Kier alpha value is -4.50. The summed E-state index contributed by atoms with van der Waals surface area (Å²) in [7, 11) is 0. The van der Waals surface area contributed by atoms with Crippen LogP contribution >= 0.6 is 11.6 Å². The van der Waals surface area contributed by atoms with Crippen molar-refractivity contribution in [3.05, 3.63) is 93.0 Å². The van der Waals surface area contributed by atoms with Crippen molar-refractivity contribution in [3.8, 4) is 22.8 Å². The van der Waals surface area contributed by atoms with Crippen molar-refractivity contribution < 1.29 is 19.2 Å². The molecule has 1 aromatic heterocycles. The first-order chi connectivity index (χ1) is 16.5. The lowest BCUT2D eigenvalue weighted by atomic mass is 10.0. The zero-order chi connectivity index (χ0) is 23.7. The van der Waals surface area contributed by atoms with Gasteiger partial charge in [0.2, 0.25) is 6.79 Å². The number of nitrogens with one attached hydrogen (secondary N) is 1. The lowest BCUT2D eigenvalue weighted by molar-refractivity contribution is -0.385. The molecule has 10 heteroatoms. The molecule has 2 heterocycles. The number of nitro groups is 1. The van der Waals surface area contributed by atoms with Gasteiger partial charge in [0.1, 0.15) is 0 Å². The van der Waals surface area contributed by atoms with Crippen LogP contribution in [0, 0.1) is 10.1 Å². The second kappa shape index (κ2) is 8.80. The molecule has 9 nitrogen and oxygen atoms in total. The van der Waals surface area contributed by atoms with Crippen molar-refractivity contribution >= 4 is 40.3 Å². The number of fused-ring (bicyclic) bond motifs is 2. The quantitative estimate of drug-likeness (QED) is 0.248. The number of carbonyl (C=O) groups excluding carboxylic acids is 1. The number of para-hydroxylation sites is 1. The summed E-state index contributed by atoms with van der Waals surface area (Å²) < 4.78 is 10.5. The molecule has 0 fully saturated rings. The highest BCUT2D eigenvalue weighted by Gasteiger charge is 2.22. The van der Waals surface area contributed by atoms with Crippen LogP contribution in [0.5, 0.6) is 11.5 Å². The van der Waals surface area contributed by atoms with E-state index in [0.29, 0.717) is 32.9 Å². The van der Waals surface area contributed by atoms with Crippen LogP contribution in [0.25, 0.3) is 22.2 Å². The number of nitro benzene ring substituents is 1. The van der Waals surface area contributed by atoms with Gasteiger partial charge in [-0.2, -0.15) is 5.10 Å². The van der Waals surface area contributed by atoms with Crippen LogP contribution in [0.15, 0.2) is 71.8 Å². The number of hydrogen-bond acceptors (Lipinski definition) is 7. The molecule has 1 aliphatic heterocycles. The van der Waals surface area contributed by atoms with E-state index in [1.807, 2.05) is 30.3 Å². The second-order valence-electron chi connectivity index (χ2n) is 7.30. The van der Waals surface area contributed by atoms with E-state index in [1.165, 1.54) is 18.3 Å². The molecule has 0 unspecified atom stereocenters. The zero-order valence-corrected chi connectivity index (χ0v) is 18.2. The minimum atomic E-state index is -0.556. The zero-order valence-electron chi connectivity index (χ0n) is 17.4. The molecule has 0 saturated carbocycles. The first-order valence-electron chi connectivity index (χ1n) is 10.1. The van der Waals surface area contributed by atoms with Crippen molar-refractivity contribution in [2.45, 2.75) is 0 Å². The van der Waals surface area contributed by atoms with Crippen LogP contribution < -0.4 is 14.9 Å². The number of hydrogen-bond donors (Lipinski definition) is 1. The molecule has 1 aliphatic rings. The number of aromatic nitrogens is 1.